The number of ether oxygens (including phenoxy) is 1. The van der Waals surface area contributed by atoms with Crippen LogP contribution in [0.25, 0.3) is 0 Å². The molecule has 19 heavy (non-hydrogen) atoms. The fraction of sp³-hybridized carbons (Fsp3) is 0.714. The van der Waals surface area contributed by atoms with Gasteiger partial charge in [-0.15, -0.1) is 0 Å². The van der Waals surface area contributed by atoms with Crippen molar-refractivity contribution >= 4 is 11.9 Å². The first-order chi connectivity index (χ1) is 9.13. The van der Waals surface area contributed by atoms with Gasteiger partial charge in [-0.05, 0) is 38.6 Å². The summed E-state index contributed by atoms with van der Waals surface area (Å²) in [6.07, 6.45) is 8.27. The Labute approximate surface area is 114 Å². The Morgan fingerprint density at radius 3 is 2.79 bits per heavy atom. The molecule has 0 aliphatic heterocycles. The van der Waals surface area contributed by atoms with Crippen molar-refractivity contribution < 1.29 is 14.3 Å². The third-order valence-corrected chi connectivity index (χ3v) is 3.22. The number of hydrogen-bond donors (Lipinski definition) is 2. The van der Waals surface area contributed by atoms with E-state index < -0.39 is 12.0 Å². The summed E-state index contributed by atoms with van der Waals surface area (Å²) in [6, 6.07) is -0.608. The average molecular weight is 268 g/mol. The SMILES string of the molecule is COC(=O)C(CNCCC1=CCCCC1)NC(C)=O. The van der Waals surface area contributed by atoms with Crippen molar-refractivity contribution in [3.05, 3.63) is 11.6 Å². The van der Waals surface area contributed by atoms with Crippen LogP contribution in [0.5, 0.6) is 0 Å². The Kier molecular flexibility index (Phi) is 7.18. The van der Waals surface area contributed by atoms with Crippen molar-refractivity contribution in [2.24, 2.45) is 0 Å². The Hall–Kier alpha value is -1.36. The van der Waals surface area contributed by atoms with E-state index in [9.17, 15) is 9.59 Å². The number of rotatable bonds is 7. The number of allylic oxidation sites excluding steroid dienone is 1. The molecule has 2 N–H and O–H groups in total. The minimum Gasteiger partial charge on any atom is -0.467 e. The predicted octanol–water partition coefficient (Wildman–Crippen LogP) is 1.14. The van der Waals surface area contributed by atoms with Gasteiger partial charge in [0, 0.05) is 13.5 Å². The summed E-state index contributed by atoms with van der Waals surface area (Å²) in [6.45, 7) is 2.61. The summed E-state index contributed by atoms with van der Waals surface area (Å²) >= 11 is 0. The molecular formula is C14H24N2O3. The Bertz CT molecular complexity index is 340. The molecule has 0 radical (unpaired) electrons. The number of nitrogens with one attached hydrogen (secondary N) is 2. The second-order valence-corrected chi connectivity index (χ2v) is 4.84. The maximum atomic E-state index is 11.5. The molecule has 0 heterocycles. The van der Waals surface area contributed by atoms with Crippen LogP contribution in [-0.4, -0.2) is 38.1 Å². The van der Waals surface area contributed by atoms with Gasteiger partial charge in [-0.2, -0.15) is 0 Å². The average Bonchev–Trinajstić information content (AvgIpc) is 2.42. The van der Waals surface area contributed by atoms with Gasteiger partial charge in [0.05, 0.1) is 7.11 Å². The fourth-order valence-corrected chi connectivity index (χ4v) is 2.21. The Balaban J connectivity index is 2.25. The van der Waals surface area contributed by atoms with E-state index in [-0.39, 0.29) is 5.91 Å². The molecule has 5 heteroatoms. The van der Waals surface area contributed by atoms with E-state index in [1.54, 1.807) is 0 Å². The third-order valence-electron chi connectivity index (χ3n) is 3.22. The number of carbonyl (C=O) groups excluding carboxylic acids is 2. The maximum absolute atomic E-state index is 11.5. The van der Waals surface area contributed by atoms with Crippen LogP contribution in [-0.2, 0) is 14.3 Å². The predicted molar refractivity (Wildman–Crippen MR) is 73.7 cm³/mol. The molecule has 1 rings (SSSR count). The van der Waals surface area contributed by atoms with E-state index in [4.69, 9.17) is 0 Å². The lowest BCUT2D eigenvalue weighted by molar-refractivity contribution is -0.144. The summed E-state index contributed by atoms with van der Waals surface area (Å²) in [5.41, 5.74) is 1.49. The number of hydrogen-bond acceptors (Lipinski definition) is 4. The molecule has 108 valence electrons. The van der Waals surface area contributed by atoms with Crippen molar-refractivity contribution in [3.63, 3.8) is 0 Å². The molecule has 0 aromatic carbocycles. The number of esters is 1. The van der Waals surface area contributed by atoms with Gasteiger partial charge in [-0.1, -0.05) is 11.6 Å². The summed E-state index contributed by atoms with van der Waals surface area (Å²) in [5, 5.41) is 5.78. The van der Waals surface area contributed by atoms with Crippen molar-refractivity contribution in [1.82, 2.24) is 10.6 Å². The first kappa shape index (κ1) is 15.7. The van der Waals surface area contributed by atoms with Crippen LogP contribution < -0.4 is 10.6 Å². The molecule has 1 aliphatic rings. The molecule has 0 fully saturated rings. The van der Waals surface area contributed by atoms with Crippen LogP contribution in [0, 0.1) is 0 Å². The fourth-order valence-electron chi connectivity index (χ4n) is 2.21. The number of amides is 1. The molecule has 0 aromatic heterocycles. The summed E-state index contributed by atoms with van der Waals surface area (Å²) < 4.78 is 4.66. The molecule has 0 spiro atoms. The summed E-state index contributed by atoms with van der Waals surface area (Å²) in [5.74, 6) is -0.647. The lowest BCUT2D eigenvalue weighted by Crippen LogP contribution is -2.47. The third kappa shape index (κ3) is 6.38. The highest BCUT2D eigenvalue weighted by Gasteiger charge is 2.19. The molecule has 1 aliphatic carbocycles. The second-order valence-electron chi connectivity index (χ2n) is 4.84. The van der Waals surface area contributed by atoms with Gasteiger partial charge in [0.25, 0.3) is 0 Å². The van der Waals surface area contributed by atoms with Gasteiger partial charge < -0.3 is 15.4 Å². The maximum Gasteiger partial charge on any atom is 0.329 e. The minimum absolute atomic E-state index is 0.229. The molecule has 1 atom stereocenters. The lowest BCUT2D eigenvalue weighted by atomic mass is 9.97. The zero-order valence-electron chi connectivity index (χ0n) is 11.8. The van der Waals surface area contributed by atoms with Gasteiger partial charge in [-0.25, -0.2) is 4.79 Å². The minimum atomic E-state index is -0.608. The molecule has 0 saturated heterocycles. The van der Waals surface area contributed by atoms with Crippen molar-refractivity contribution in [2.45, 2.75) is 45.1 Å². The molecule has 0 saturated carbocycles. The molecule has 0 aromatic rings. The number of carbonyl (C=O) groups is 2. The topological polar surface area (TPSA) is 67.4 Å². The molecule has 1 amide bonds. The van der Waals surface area contributed by atoms with E-state index in [0.717, 1.165) is 13.0 Å². The second kappa shape index (κ2) is 8.69. The lowest BCUT2D eigenvalue weighted by Gasteiger charge is -2.17. The van der Waals surface area contributed by atoms with E-state index >= 15 is 0 Å². The van der Waals surface area contributed by atoms with Crippen LogP contribution in [0.4, 0.5) is 0 Å². The highest BCUT2D eigenvalue weighted by Crippen LogP contribution is 2.19. The highest BCUT2D eigenvalue weighted by molar-refractivity contribution is 5.83. The van der Waals surface area contributed by atoms with Crippen LogP contribution in [0.15, 0.2) is 11.6 Å². The van der Waals surface area contributed by atoms with Crippen LogP contribution >= 0.6 is 0 Å². The Morgan fingerprint density at radius 1 is 1.42 bits per heavy atom. The Morgan fingerprint density at radius 2 is 2.21 bits per heavy atom. The van der Waals surface area contributed by atoms with Gasteiger partial charge in [-0.3, -0.25) is 4.79 Å². The van der Waals surface area contributed by atoms with Gasteiger partial charge in [0.1, 0.15) is 6.04 Å². The smallest absolute Gasteiger partial charge is 0.329 e. The van der Waals surface area contributed by atoms with Crippen molar-refractivity contribution in [1.29, 1.82) is 0 Å². The van der Waals surface area contributed by atoms with E-state index in [1.165, 1.54) is 45.3 Å². The van der Waals surface area contributed by atoms with Crippen LogP contribution in [0.3, 0.4) is 0 Å². The highest BCUT2D eigenvalue weighted by atomic mass is 16.5. The molecule has 1 unspecified atom stereocenters. The van der Waals surface area contributed by atoms with Crippen molar-refractivity contribution in [3.8, 4) is 0 Å². The van der Waals surface area contributed by atoms with E-state index in [2.05, 4.69) is 21.4 Å². The first-order valence-corrected chi connectivity index (χ1v) is 6.87. The summed E-state index contributed by atoms with van der Waals surface area (Å²) in [7, 11) is 1.32. The zero-order chi connectivity index (χ0) is 14.1. The van der Waals surface area contributed by atoms with E-state index in [0.29, 0.717) is 6.54 Å². The molecule has 5 nitrogen and oxygen atoms in total. The zero-order valence-corrected chi connectivity index (χ0v) is 11.8. The summed E-state index contributed by atoms with van der Waals surface area (Å²) in [4.78, 5) is 22.5. The number of methoxy groups -OCH3 is 1. The van der Waals surface area contributed by atoms with Gasteiger partial charge >= 0.3 is 5.97 Å². The van der Waals surface area contributed by atoms with Crippen molar-refractivity contribution in [2.75, 3.05) is 20.2 Å². The largest absolute Gasteiger partial charge is 0.467 e. The molecular weight excluding hydrogens is 244 g/mol. The standard InChI is InChI=1S/C14H24N2O3/c1-11(17)16-13(14(18)19-2)10-15-9-8-12-6-4-3-5-7-12/h6,13,15H,3-5,7-10H2,1-2H3,(H,16,17). The van der Waals surface area contributed by atoms with Gasteiger partial charge in [0.2, 0.25) is 5.91 Å². The van der Waals surface area contributed by atoms with Crippen LogP contribution in [0.1, 0.15) is 39.0 Å². The first-order valence-electron chi connectivity index (χ1n) is 6.87. The quantitative estimate of drug-likeness (QED) is 0.413. The van der Waals surface area contributed by atoms with Crippen LogP contribution in [0.2, 0.25) is 0 Å². The monoisotopic (exact) mass is 268 g/mol. The molecule has 0 bridgehead atoms. The van der Waals surface area contributed by atoms with Gasteiger partial charge in [0.15, 0.2) is 0 Å². The normalized spacial score (nSPS) is 16.4. The van der Waals surface area contributed by atoms with E-state index in [1.807, 2.05) is 0 Å².